The molecule has 1 atom stereocenters. The molecule has 2 N–H and O–H groups in total. The van der Waals surface area contributed by atoms with Gasteiger partial charge in [0.15, 0.2) is 0 Å². The van der Waals surface area contributed by atoms with E-state index >= 15 is 0 Å². The number of hydrogen-bond donors (Lipinski definition) is 2. The first-order valence-electron chi connectivity index (χ1n) is 8.80. The summed E-state index contributed by atoms with van der Waals surface area (Å²) in [7, 11) is -1.17. The summed E-state index contributed by atoms with van der Waals surface area (Å²) in [6.45, 7) is 8.08. The number of carbonyl (C=O) groups is 1. The molecular weight excluding hydrogens is 358 g/mol. The van der Waals surface area contributed by atoms with Crippen molar-refractivity contribution in [2.45, 2.75) is 51.4 Å². The monoisotopic (exact) mass is 386 g/mol. The van der Waals surface area contributed by atoms with E-state index in [1.807, 2.05) is 0 Å². The predicted octanol–water partition coefficient (Wildman–Crippen LogP) is 2.70. The number of aliphatic hydroxyl groups excluding tert-OH is 1. The van der Waals surface area contributed by atoms with Crippen molar-refractivity contribution in [2.75, 3.05) is 19.9 Å². The van der Waals surface area contributed by atoms with Crippen LogP contribution in [0.2, 0.25) is 25.7 Å². The second-order valence-corrected chi connectivity index (χ2v) is 14.1. The summed E-state index contributed by atoms with van der Waals surface area (Å²) in [5, 5.41) is 11.6. The topological polar surface area (TPSA) is 71.5 Å². The number of hydrogen-bond acceptors (Lipinski definition) is 4. The van der Waals surface area contributed by atoms with Crippen LogP contribution in [0.15, 0.2) is 12.3 Å². The van der Waals surface area contributed by atoms with Gasteiger partial charge < -0.3 is 15.2 Å². The zero-order valence-corrected chi connectivity index (χ0v) is 16.9. The number of pyridine rings is 1. The van der Waals surface area contributed by atoms with Crippen LogP contribution >= 0.6 is 0 Å². The van der Waals surface area contributed by atoms with Gasteiger partial charge in [0.1, 0.15) is 13.3 Å². The molecule has 1 aliphatic rings. The molecule has 0 radical (unpaired) electrons. The lowest BCUT2D eigenvalue weighted by atomic mass is 9.86. The zero-order chi connectivity index (χ0) is 19.6. The molecule has 146 valence electrons. The number of amides is 1. The molecule has 5 nitrogen and oxygen atoms in total. The van der Waals surface area contributed by atoms with Crippen molar-refractivity contribution >= 4 is 14.0 Å². The van der Waals surface area contributed by atoms with Crippen LogP contribution in [0.3, 0.4) is 0 Å². The number of nitrogens with one attached hydrogen (secondary N) is 1. The molecule has 0 fully saturated rings. The number of aliphatic hydroxyl groups is 1. The van der Waals surface area contributed by atoms with E-state index in [9.17, 15) is 13.6 Å². The molecule has 1 heterocycles. The first kappa shape index (κ1) is 20.9. The normalized spacial score (nSPS) is 20.1. The molecule has 0 spiro atoms. The van der Waals surface area contributed by atoms with Crippen molar-refractivity contribution < 1.29 is 23.4 Å². The van der Waals surface area contributed by atoms with Gasteiger partial charge >= 0.3 is 0 Å². The summed E-state index contributed by atoms with van der Waals surface area (Å²) in [6.07, 6.45) is 1.82. The fourth-order valence-corrected chi connectivity index (χ4v) is 3.69. The van der Waals surface area contributed by atoms with Crippen LogP contribution in [0.4, 0.5) is 8.78 Å². The third-order valence-electron chi connectivity index (χ3n) is 4.70. The van der Waals surface area contributed by atoms with Gasteiger partial charge in [-0.3, -0.25) is 9.78 Å². The maximum Gasteiger partial charge on any atom is 0.297 e. The molecule has 0 saturated carbocycles. The summed E-state index contributed by atoms with van der Waals surface area (Å²) in [5.41, 5.74) is 0.232. The lowest BCUT2D eigenvalue weighted by molar-refractivity contribution is -0.131. The van der Waals surface area contributed by atoms with Gasteiger partial charge in [0.25, 0.3) is 5.92 Å². The van der Waals surface area contributed by atoms with E-state index in [0.717, 1.165) is 12.2 Å². The van der Waals surface area contributed by atoms with E-state index in [4.69, 9.17) is 9.84 Å². The van der Waals surface area contributed by atoms with Gasteiger partial charge in [0.2, 0.25) is 5.91 Å². The summed E-state index contributed by atoms with van der Waals surface area (Å²) in [5.74, 6) is -3.49. The SMILES string of the molecule is CC1(C(=O)NCOCC[Si](C)(C)C)Cc2cc(C(F)(F)CO)cnc2C1. The number of ether oxygens (including phenoxy) is 1. The Kier molecular flexibility index (Phi) is 6.19. The number of rotatable bonds is 8. The third-order valence-corrected chi connectivity index (χ3v) is 6.40. The smallest absolute Gasteiger partial charge is 0.297 e. The van der Waals surface area contributed by atoms with Crippen molar-refractivity contribution in [1.29, 1.82) is 0 Å². The van der Waals surface area contributed by atoms with E-state index < -0.39 is 26.0 Å². The average Bonchev–Trinajstić information content (AvgIpc) is 2.89. The van der Waals surface area contributed by atoms with Crippen LogP contribution in [0.5, 0.6) is 0 Å². The molecule has 26 heavy (non-hydrogen) atoms. The van der Waals surface area contributed by atoms with Crippen LogP contribution in [-0.2, 0) is 28.3 Å². The van der Waals surface area contributed by atoms with Crippen molar-refractivity contribution in [3.05, 3.63) is 29.1 Å². The molecule has 0 aliphatic heterocycles. The van der Waals surface area contributed by atoms with E-state index in [1.54, 1.807) is 6.92 Å². The van der Waals surface area contributed by atoms with Crippen LogP contribution in [0, 0.1) is 5.41 Å². The molecule has 1 unspecified atom stereocenters. The van der Waals surface area contributed by atoms with Gasteiger partial charge in [-0.2, -0.15) is 8.78 Å². The minimum Gasteiger partial charge on any atom is -0.390 e. The van der Waals surface area contributed by atoms with Crippen molar-refractivity contribution in [3.8, 4) is 0 Å². The highest BCUT2D eigenvalue weighted by atomic mass is 28.3. The minimum atomic E-state index is -3.33. The van der Waals surface area contributed by atoms with Gasteiger partial charge in [-0.05, 0) is 24.1 Å². The molecule has 8 heteroatoms. The fourth-order valence-electron chi connectivity index (χ4n) is 2.94. The third kappa shape index (κ3) is 5.08. The number of fused-ring (bicyclic) bond motifs is 1. The molecular formula is C18H28F2N2O3Si. The van der Waals surface area contributed by atoms with Crippen LogP contribution in [0.25, 0.3) is 0 Å². The number of aromatic nitrogens is 1. The maximum absolute atomic E-state index is 13.6. The van der Waals surface area contributed by atoms with Gasteiger partial charge in [-0.25, -0.2) is 0 Å². The van der Waals surface area contributed by atoms with E-state index in [0.29, 0.717) is 30.7 Å². The Labute approximate surface area is 154 Å². The first-order chi connectivity index (χ1) is 12.0. The highest BCUT2D eigenvalue weighted by Gasteiger charge is 2.41. The minimum absolute atomic E-state index is 0.149. The summed E-state index contributed by atoms with van der Waals surface area (Å²) in [4.78, 5) is 16.6. The van der Waals surface area contributed by atoms with Crippen LogP contribution in [-0.4, -0.2) is 44.0 Å². The lowest BCUT2D eigenvalue weighted by Crippen LogP contribution is -2.40. The Hall–Kier alpha value is -1.38. The molecule has 0 saturated heterocycles. The summed E-state index contributed by atoms with van der Waals surface area (Å²) < 4.78 is 32.8. The second-order valence-electron chi connectivity index (χ2n) is 8.48. The summed E-state index contributed by atoms with van der Waals surface area (Å²) >= 11 is 0. The Bertz CT molecular complexity index is 664. The van der Waals surface area contributed by atoms with E-state index in [1.165, 1.54) is 6.07 Å². The van der Waals surface area contributed by atoms with Gasteiger partial charge in [0, 0.05) is 38.6 Å². The highest BCUT2D eigenvalue weighted by molar-refractivity contribution is 6.76. The Morgan fingerprint density at radius 1 is 1.42 bits per heavy atom. The molecule has 0 bridgehead atoms. The van der Waals surface area contributed by atoms with Gasteiger partial charge in [-0.15, -0.1) is 0 Å². The Balaban J connectivity index is 1.93. The van der Waals surface area contributed by atoms with Gasteiger partial charge in [-0.1, -0.05) is 26.6 Å². The fraction of sp³-hybridized carbons (Fsp3) is 0.667. The van der Waals surface area contributed by atoms with Crippen molar-refractivity contribution in [2.24, 2.45) is 5.41 Å². The van der Waals surface area contributed by atoms with Crippen molar-refractivity contribution in [1.82, 2.24) is 10.3 Å². The Morgan fingerprint density at radius 2 is 2.12 bits per heavy atom. The highest BCUT2D eigenvalue weighted by Crippen LogP contribution is 2.38. The maximum atomic E-state index is 13.6. The van der Waals surface area contributed by atoms with Crippen molar-refractivity contribution in [3.63, 3.8) is 0 Å². The molecule has 1 aliphatic carbocycles. The summed E-state index contributed by atoms with van der Waals surface area (Å²) in [6, 6.07) is 2.37. The van der Waals surface area contributed by atoms with E-state index in [-0.39, 0.29) is 18.2 Å². The Morgan fingerprint density at radius 3 is 2.73 bits per heavy atom. The predicted molar refractivity (Wildman–Crippen MR) is 97.8 cm³/mol. The standard InChI is InChI=1S/C18H28F2N2O3Si/c1-17(16(24)22-12-25-5-6-26(2,3)4)8-13-7-14(18(19,20)11-23)10-21-15(13)9-17/h7,10,23H,5-6,8-9,11-12H2,1-4H3,(H,22,24). The lowest BCUT2D eigenvalue weighted by Gasteiger charge is -2.22. The number of alkyl halides is 2. The molecule has 0 aromatic carbocycles. The largest absolute Gasteiger partial charge is 0.390 e. The number of halogens is 2. The van der Waals surface area contributed by atoms with E-state index in [2.05, 4.69) is 29.9 Å². The molecule has 2 rings (SSSR count). The van der Waals surface area contributed by atoms with Crippen LogP contribution in [0.1, 0.15) is 23.7 Å². The first-order valence-corrected chi connectivity index (χ1v) is 12.5. The van der Waals surface area contributed by atoms with Crippen LogP contribution < -0.4 is 5.32 Å². The average molecular weight is 387 g/mol. The molecule has 1 aromatic heterocycles. The quantitative estimate of drug-likeness (QED) is 0.409. The molecule has 1 amide bonds. The number of nitrogens with zero attached hydrogens (tertiary/aromatic N) is 1. The zero-order valence-electron chi connectivity index (χ0n) is 15.9. The second kappa shape index (κ2) is 7.70. The van der Waals surface area contributed by atoms with Gasteiger partial charge in [0.05, 0.1) is 5.41 Å². The number of carbonyl (C=O) groups excluding carboxylic acids is 1. The molecule has 1 aromatic rings.